The molecule has 1 nitrogen and oxygen atoms in total. The lowest BCUT2D eigenvalue weighted by Crippen LogP contribution is -2.34. The summed E-state index contributed by atoms with van der Waals surface area (Å²) in [4.78, 5) is 0. The second kappa shape index (κ2) is 4.88. The van der Waals surface area contributed by atoms with Crippen LogP contribution in [0.15, 0.2) is 60.7 Å². The van der Waals surface area contributed by atoms with E-state index in [1.807, 2.05) is 4.58 Å². The van der Waals surface area contributed by atoms with Gasteiger partial charge in [0.25, 0.3) is 0 Å². The van der Waals surface area contributed by atoms with Crippen LogP contribution in [0.1, 0.15) is 11.1 Å². The van der Waals surface area contributed by atoms with Crippen LogP contribution in [0, 0.1) is 13.0 Å². The van der Waals surface area contributed by atoms with Crippen molar-refractivity contribution in [2.75, 3.05) is 0 Å². The molecule has 106 valence electrons. The number of nitrogens with zero attached hydrogens (tertiary/aromatic N) is 1. The molecule has 1 heterocycles. The van der Waals surface area contributed by atoms with E-state index in [9.17, 15) is 0 Å². The summed E-state index contributed by atoms with van der Waals surface area (Å²) in [5.41, 5.74) is 2.46. The van der Waals surface area contributed by atoms with Crippen molar-refractivity contribution < 1.29 is 4.58 Å². The normalized spacial score (nSPS) is 13.5. The third-order valence-electron chi connectivity index (χ3n) is 4.20. The zero-order valence-corrected chi connectivity index (χ0v) is 12.6. The van der Waals surface area contributed by atoms with Crippen molar-refractivity contribution in [1.29, 1.82) is 0 Å². The van der Waals surface area contributed by atoms with Crippen molar-refractivity contribution in [3.05, 3.63) is 88.3 Å². The Morgan fingerprint density at radius 1 is 0.955 bits per heavy atom. The van der Waals surface area contributed by atoms with Crippen molar-refractivity contribution in [3.63, 3.8) is 0 Å². The fourth-order valence-electron chi connectivity index (χ4n) is 3.10. The quantitative estimate of drug-likeness (QED) is 0.477. The zero-order valence-electron chi connectivity index (χ0n) is 12.6. The van der Waals surface area contributed by atoms with Crippen LogP contribution < -0.4 is 10.4 Å². The topological polar surface area (TPSA) is 3.01 Å². The second-order valence-corrected chi connectivity index (χ2v) is 5.79. The maximum atomic E-state index is 4.17. The van der Waals surface area contributed by atoms with Crippen molar-refractivity contribution in [1.82, 2.24) is 0 Å². The highest BCUT2D eigenvalue weighted by Crippen LogP contribution is 2.20. The predicted molar refractivity (Wildman–Crippen MR) is 93.0 cm³/mol. The Hall–Kier alpha value is -2.80. The van der Waals surface area contributed by atoms with Gasteiger partial charge in [0.15, 0.2) is 0 Å². The standard InChI is InChI=1S/C21H17N/c1-15-6-5-8-17(12-15)21-13-20-18(14-22(21)2)11-10-16-7-3-4-9-19(16)20/h3-14H,2H2,1H3. The first-order chi connectivity index (χ1) is 10.7. The van der Waals surface area contributed by atoms with Crippen LogP contribution in [0.3, 0.4) is 0 Å². The maximum absolute atomic E-state index is 4.17. The fourth-order valence-corrected chi connectivity index (χ4v) is 3.10. The molecular weight excluding hydrogens is 266 g/mol. The summed E-state index contributed by atoms with van der Waals surface area (Å²) in [5, 5.41) is 5.04. The molecule has 0 aromatic heterocycles. The number of fused-ring (bicyclic) bond motifs is 3. The lowest BCUT2D eigenvalue weighted by Gasteiger charge is -2.18. The molecule has 0 bridgehead atoms. The van der Waals surface area contributed by atoms with Gasteiger partial charge in [-0.2, -0.15) is 0 Å². The Kier molecular flexibility index (Phi) is 2.87. The highest BCUT2D eigenvalue weighted by atomic mass is 15.0. The Bertz CT molecular complexity index is 1010. The number of hydrogen-bond donors (Lipinski definition) is 0. The summed E-state index contributed by atoms with van der Waals surface area (Å²) in [6.07, 6.45) is 4.36. The molecule has 0 saturated heterocycles. The lowest BCUT2D eigenvalue weighted by atomic mass is 9.98. The van der Waals surface area contributed by atoms with Gasteiger partial charge in [-0.1, -0.05) is 65.4 Å². The number of hydrogen-bond acceptors (Lipinski definition) is 0. The largest absolute Gasteiger partial charge is 0.254 e. The molecule has 0 N–H and O–H groups in total. The van der Waals surface area contributed by atoms with E-state index >= 15 is 0 Å². The molecule has 0 spiro atoms. The predicted octanol–water partition coefficient (Wildman–Crippen LogP) is 2.97. The summed E-state index contributed by atoms with van der Waals surface area (Å²) < 4.78 is 1.96. The SMILES string of the molecule is C=[N+]1C=c2ccc3ccccc3c2=C[C-]1c1cccc(C)c1. The van der Waals surface area contributed by atoms with Gasteiger partial charge in [0.1, 0.15) is 12.2 Å². The summed E-state index contributed by atoms with van der Waals surface area (Å²) in [7, 11) is 0. The Morgan fingerprint density at radius 2 is 1.82 bits per heavy atom. The van der Waals surface area contributed by atoms with E-state index in [2.05, 4.69) is 86.6 Å². The minimum Gasteiger partial charge on any atom is -0.254 e. The van der Waals surface area contributed by atoms with Crippen molar-refractivity contribution >= 4 is 29.8 Å². The maximum Gasteiger partial charge on any atom is 0.147 e. The highest BCUT2D eigenvalue weighted by Gasteiger charge is 2.16. The van der Waals surface area contributed by atoms with Crippen LogP contribution in [0.2, 0.25) is 0 Å². The second-order valence-electron chi connectivity index (χ2n) is 5.79. The molecule has 0 atom stereocenters. The van der Waals surface area contributed by atoms with Crippen LogP contribution in [-0.2, 0) is 0 Å². The molecule has 1 aliphatic rings. The van der Waals surface area contributed by atoms with Gasteiger partial charge in [-0.15, -0.1) is 6.07 Å². The molecule has 0 amide bonds. The molecule has 1 heteroatoms. The van der Waals surface area contributed by atoms with E-state index in [4.69, 9.17) is 0 Å². The summed E-state index contributed by atoms with van der Waals surface area (Å²) in [6, 6.07) is 22.5. The average molecular weight is 283 g/mol. The summed E-state index contributed by atoms with van der Waals surface area (Å²) >= 11 is 0. The van der Waals surface area contributed by atoms with E-state index in [1.54, 1.807) is 0 Å². The molecular formula is C21H17N. The third-order valence-corrected chi connectivity index (χ3v) is 4.20. The molecule has 0 unspecified atom stereocenters. The first kappa shape index (κ1) is 12.9. The first-order valence-electron chi connectivity index (χ1n) is 7.47. The molecule has 3 aromatic rings. The van der Waals surface area contributed by atoms with Gasteiger partial charge < -0.3 is 0 Å². The fraction of sp³-hybridized carbons (Fsp3) is 0.0476. The van der Waals surface area contributed by atoms with Crippen molar-refractivity contribution in [2.24, 2.45) is 0 Å². The van der Waals surface area contributed by atoms with E-state index < -0.39 is 0 Å². The molecule has 4 rings (SSSR count). The Balaban J connectivity index is 2.01. The molecule has 0 fully saturated rings. The first-order valence-corrected chi connectivity index (χ1v) is 7.47. The number of rotatable bonds is 1. The van der Waals surface area contributed by atoms with Crippen LogP contribution >= 0.6 is 0 Å². The smallest absolute Gasteiger partial charge is 0.147 e. The van der Waals surface area contributed by atoms with Gasteiger partial charge in [0, 0.05) is 0 Å². The van der Waals surface area contributed by atoms with Gasteiger partial charge in [0.05, 0.1) is 6.72 Å². The van der Waals surface area contributed by atoms with Crippen LogP contribution in [-0.4, -0.2) is 11.3 Å². The molecule has 0 radical (unpaired) electrons. The van der Waals surface area contributed by atoms with Gasteiger partial charge in [-0.05, 0) is 34.6 Å². The van der Waals surface area contributed by atoms with Gasteiger partial charge >= 0.3 is 0 Å². The van der Waals surface area contributed by atoms with Crippen molar-refractivity contribution in [3.8, 4) is 0 Å². The number of aryl methyl sites for hydroxylation is 1. The summed E-state index contributed by atoms with van der Waals surface area (Å²) in [5.74, 6) is 0. The monoisotopic (exact) mass is 283 g/mol. The van der Waals surface area contributed by atoms with Crippen LogP contribution in [0.25, 0.3) is 23.0 Å². The third kappa shape index (κ3) is 2.03. The molecule has 0 saturated carbocycles. The minimum absolute atomic E-state index is 1.13. The van der Waals surface area contributed by atoms with E-state index in [-0.39, 0.29) is 0 Å². The lowest BCUT2D eigenvalue weighted by molar-refractivity contribution is -0.376. The van der Waals surface area contributed by atoms with Crippen LogP contribution in [0.4, 0.5) is 0 Å². The molecule has 1 aliphatic heterocycles. The van der Waals surface area contributed by atoms with Gasteiger partial charge in [-0.3, -0.25) is 4.58 Å². The van der Waals surface area contributed by atoms with E-state index in [0.717, 1.165) is 6.04 Å². The van der Waals surface area contributed by atoms with Gasteiger partial charge in [-0.25, -0.2) is 0 Å². The van der Waals surface area contributed by atoms with Gasteiger partial charge in [0.2, 0.25) is 0 Å². The van der Waals surface area contributed by atoms with E-state index in [0.29, 0.717) is 0 Å². The molecule has 3 aromatic carbocycles. The average Bonchev–Trinajstić information content (AvgIpc) is 2.54. The highest BCUT2D eigenvalue weighted by molar-refractivity contribution is 5.84. The van der Waals surface area contributed by atoms with Crippen LogP contribution in [0.5, 0.6) is 0 Å². The number of benzene rings is 3. The summed E-state index contributed by atoms with van der Waals surface area (Å²) in [6.45, 7) is 6.29. The Morgan fingerprint density at radius 3 is 2.68 bits per heavy atom. The minimum atomic E-state index is 1.13. The zero-order chi connectivity index (χ0) is 15.1. The Labute approximate surface area is 130 Å². The molecule has 22 heavy (non-hydrogen) atoms. The van der Waals surface area contributed by atoms with Crippen molar-refractivity contribution in [2.45, 2.75) is 6.92 Å². The molecule has 0 aliphatic carbocycles. The van der Waals surface area contributed by atoms with E-state index in [1.165, 1.54) is 32.3 Å².